The Labute approximate surface area is 198 Å². The lowest BCUT2D eigenvalue weighted by atomic mass is 10.1. The van der Waals surface area contributed by atoms with Crippen LogP contribution in [0.5, 0.6) is 0 Å². The third-order valence-electron chi connectivity index (χ3n) is 7.26. The third-order valence-corrected chi connectivity index (χ3v) is 7.26. The minimum atomic E-state index is -0.222. The van der Waals surface area contributed by atoms with Gasteiger partial charge in [-0.25, -0.2) is 4.98 Å². The van der Waals surface area contributed by atoms with Gasteiger partial charge >= 0.3 is 0 Å². The van der Waals surface area contributed by atoms with E-state index >= 15 is 0 Å². The Balaban J connectivity index is 1.25. The summed E-state index contributed by atoms with van der Waals surface area (Å²) in [6, 6.07) is 6.99. The Bertz CT molecular complexity index is 875. The molecule has 2 N–H and O–H groups in total. The van der Waals surface area contributed by atoms with Crippen LogP contribution in [0.2, 0.25) is 0 Å². The maximum atomic E-state index is 12.7. The summed E-state index contributed by atoms with van der Waals surface area (Å²) in [6.45, 7) is 10.8. The quantitative estimate of drug-likeness (QED) is 0.446. The van der Waals surface area contributed by atoms with E-state index in [0.717, 1.165) is 43.8 Å². The van der Waals surface area contributed by atoms with Crippen LogP contribution in [0.15, 0.2) is 47.2 Å². The predicted octanol–water partition coefficient (Wildman–Crippen LogP) is 3.36. The van der Waals surface area contributed by atoms with E-state index in [0.29, 0.717) is 17.4 Å². The molecular formula is C26H38N6O. The zero-order valence-electron chi connectivity index (χ0n) is 19.9. The maximum absolute atomic E-state index is 12.7. The Morgan fingerprint density at radius 1 is 1.21 bits per heavy atom. The first-order valence-corrected chi connectivity index (χ1v) is 12.5. The van der Waals surface area contributed by atoms with Gasteiger partial charge < -0.3 is 20.4 Å². The summed E-state index contributed by atoms with van der Waals surface area (Å²) in [6.07, 6.45) is 13.2. The standard InChI is InChI=1S/C26H38N6O/c1-3-21(11-14-27-2)29-26(33)24-9-6-10-25(30-24)32-16-13-22(19-32)28-17-20-12-15-31(18-20)23-7-4-5-8-23/h3,6,9-11,14,20,22-23,28H,2,4-5,7-8,12-13,15-19H2,1H3,(H,29,33)/b14-11-,21-3+/t20-,22-/m1/s1. The van der Waals surface area contributed by atoms with Crippen molar-refractivity contribution >= 4 is 18.4 Å². The van der Waals surface area contributed by atoms with Gasteiger partial charge in [-0.05, 0) is 76.5 Å². The molecule has 2 atom stereocenters. The van der Waals surface area contributed by atoms with Gasteiger partial charge in [0.1, 0.15) is 11.5 Å². The van der Waals surface area contributed by atoms with Gasteiger partial charge in [-0.2, -0.15) is 0 Å². The molecule has 1 saturated carbocycles. The molecule has 1 aromatic rings. The first-order valence-electron chi connectivity index (χ1n) is 12.5. The number of pyridine rings is 1. The number of amides is 1. The van der Waals surface area contributed by atoms with Crippen molar-refractivity contribution in [2.45, 2.75) is 57.5 Å². The first-order chi connectivity index (χ1) is 16.2. The predicted molar refractivity (Wildman–Crippen MR) is 135 cm³/mol. The van der Waals surface area contributed by atoms with E-state index in [1.54, 1.807) is 18.3 Å². The summed E-state index contributed by atoms with van der Waals surface area (Å²) < 4.78 is 0. The average molecular weight is 451 g/mol. The number of hydrogen-bond acceptors (Lipinski definition) is 6. The van der Waals surface area contributed by atoms with Crippen LogP contribution in [0.4, 0.5) is 5.82 Å². The summed E-state index contributed by atoms with van der Waals surface area (Å²) in [7, 11) is 0. The van der Waals surface area contributed by atoms with Crippen molar-refractivity contribution in [1.82, 2.24) is 20.5 Å². The minimum Gasteiger partial charge on any atom is -0.355 e. The van der Waals surface area contributed by atoms with Crippen molar-refractivity contribution in [2.75, 3.05) is 37.6 Å². The van der Waals surface area contributed by atoms with Gasteiger partial charge in [-0.1, -0.05) is 25.0 Å². The van der Waals surface area contributed by atoms with Crippen molar-refractivity contribution in [2.24, 2.45) is 10.9 Å². The molecule has 2 aliphatic heterocycles. The molecule has 0 radical (unpaired) electrons. The van der Waals surface area contributed by atoms with E-state index in [2.05, 4.69) is 37.1 Å². The summed E-state index contributed by atoms with van der Waals surface area (Å²) >= 11 is 0. The second-order valence-electron chi connectivity index (χ2n) is 9.51. The third kappa shape index (κ3) is 6.30. The molecule has 0 bridgehead atoms. The number of rotatable bonds is 9. The van der Waals surface area contributed by atoms with Crippen molar-refractivity contribution in [3.8, 4) is 0 Å². The Morgan fingerprint density at radius 3 is 2.85 bits per heavy atom. The molecule has 1 aromatic heterocycles. The van der Waals surface area contributed by atoms with Crippen molar-refractivity contribution in [3.63, 3.8) is 0 Å². The molecule has 1 aliphatic carbocycles. The summed E-state index contributed by atoms with van der Waals surface area (Å²) in [5.41, 5.74) is 1.09. The Kier molecular flexibility index (Phi) is 8.29. The molecule has 3 fully saturated rings. The number of carbonyl (C=O) groups excluding carboxylic acids is 1. The molecule has 178 valence electrons. The maximum Gasteiger partial charge on any atom is 0.274 e. The fraction of sp³-hybridized carbons (Fsp3) is 0.577. The lowest BCUT2D eigenvalue weighted by Gasteiger charge is -2.24. The zero-order valence-corrected chi connectivity index (χ0v) is 19.9. The largest absolute Gasteiger partial charge is 0.355 e. The van der Waals surface area contributed by atoms with Crippen molar-refractivity contribution in [1.29, 1.82) is 0 Å². The van der Waals surface area contributed by atoms with Gasteiger partial charge in [-0.3, -0.25) is 9.79 Å². The smallest absolute Gasteiger partial charge is 0.274 e. The fourth-order valence-corrected chi connectivity index (χ4v) is 5.36. The molecule has 3 aliphatic rings. The summed E-state index contributed by atoms with van der Waals surface area (Å²) in [5.74, 6) is 1.42. The molecule has 1 amide bonds. The van der Waals surface area contributed by atoms with Crippen molar-refractivity contribution < 1.29 is 4.79 Å². The van der Waals surface area contributed by atoms with Crippen LogP contribution in [0.1, 0.15) is 55.9 Å². The molecule has 7 nitrogen and oxygen atoms in total. The number of aromatic nitrogens is 1. The highest BCUT2D eigenvalue weighted by molar-refractivity contribution is 5.94. The highest BCUT2D eigenvalue weighted by Crippen LogP contribution is 2.28. The lowest BCUT2D eigenvalue weighted by Crippen LogP contribution is -2.37. The molecule has 7 heteroatoms. The van der Waals surface area contributed by atoms with Crippen LogP contribution in [-0.2, 0) is 0 Å². The van der Waals surface area contributed by atoms with Gasteiger partial charge in [0, 0.05) is 43.6 Å². The Hall–Kier alpha value is -2.51. The molecule has 3 heterocycles. The summed E-state index contributed by atoms with van der Waals surface area (Å²) in [4.78, 5) is 26.0. The number of likely N-dealkylation sites (tertiary alicyclic amines) is 1. The van der Waals surface area contributed by atoms with E-state index in [9.17, 15) is 4.79 Å². The lowest BCUT2D eigenvalue weighted by molar-refractivity contribution is 0.0962. The monoisotopic (exact) mass is 450 g/mol. The van der Waals surface area contributed by atoms with E-state index in [1.165, 1.54) is 45.2 Å². The number of allylic oxidation sites excluding steroid dienone is 2. The molecular weight excluding hydrogens is 412 g/mol. The SMILES string of the molecule is C=N/C=C\C(=C/C)NC(=O)c1cccc(N2CC[C@@H](NC[C@H]3CCN(C4CCCC4)C3)C2)n1. The van der Waals surface area contributed by atoms with Crippen LogP contribution < -0.4 is 15.5 Å². The topological polar surface area (TPSA) is 72.9 Å². The number of nitrogens with one attached hydrogen (secondary N) is 2. The normalized spacial score (nSPS) is 24.8. The number of anilines is 1. The van der Waals surface area contributed by atoms with E-state index in [-0.39, 0.29) is 5.91 Å². The average Bonchev–Trinajstić information content (AvgIpc) is 3.61. The van der Waals surface area contributed by atoms with Crippen LogP contribution in [0, 0.1) is 5.92 Å². The van der Waals surface area contributed by atoms with Gasteiger partial charge in [0.2, 0.25) is 0 Å². The summed E-state index contributed by atoms with van der Waals surface area (Å²) in [5, 5.41) is 6.69. The number of aliphatic imine (C=N–C) groups is 1. The van der Waals surface area contributed by atoms with Gasteiger partial charge in [0.25, 0.3) is 5.91 Å². The molecule has 0 aromatic carbocycles. The van der Waals surface area contributed by atoms with E-state index < -0.39 is 0 Å². The zero-order chi connectivity index (χ0) is 23.0. The van der Waals surface area contributed by atoms with E-state index in [4.69, 9.17) is 0 Å². The first kappa shape index (κ1) is 23.6. The second kappa shape index (κ2) is 11.6. The molecule has 33 heavy (non-hydrogen) atoms. The van der Waals surface area contributed by atoms with Gasteiger partial charge in [-0.15, -0.1) is 0 Å². The Morgan fingerprint density at radius 2 is 2.06 bits per heavy atom. The highest BCUT2D eigenvalue weighted by atomic mass is 16.1. The van der Waals surface area contributed by atoms with Gasteiger partial charge in [0.15, 0.2) is 0 Å². The minimum absolute atomic E-state index is 0.222. The second-order valence-corrected chi connectivity index (χ2v) is 9.51. The number of hydrogen-bond donors (Lipinski definition) is 2. The van der Waals surface area contributed by atoms with Crippen LogP contribution >= 0.6 is 0 Å². The van der Waals surface area contributed by atoms with Crippen LogP contribution in [0.25, 0.3) is 0 Å². The molecule has 0 unspecified atom stereocenters. The van der Waals surface area contributed by atoms with Crippen LogP contribution in [0.3, 0.4) is 0 Å². The highest BCUT2D eigenvalue weighted by Gasteiger charge is 2.31. The molecule has 2 saturated heterocycles. The van der Waals surface area contributed by atoms with Crippen molar-refractivity contribution in [3.05, 3.63) is 47.9 Å². The van der Waals surface area contributed by atoms with E-state index in [1.807, 2.05) is 25.1 Å². The molecule has 0 spiro atoms. The fourth-order valence-electron chi connectivity index (χ4n) is 5.36. The van der Waals surface area contributed by atoms with Gasteiger partial charge in [0.05, 0.1) is 0 Å². The molecule has 4 rings (SSSR count). The number of carbonyl (C=O) groups is 1. The number of nitrogens with zero attached hydrogens (tertiary/aromatic N) is 4. The van der Waals surface area contributed by atoms with Crippen LogP contribution in [-0.4, -0.2) is 67.3 Å².